The molecule has 10 rings (SSSR count). The molecule has 2 nitrogen and oxygen atoms in total. The molecule has 0 aliphatic heterocycles. The minimum atomic E-state index is -0.332. The van der Waals surface area contributed by atoms with E-state index in [1.54, 1.807) is 0 Å². The van der Waals surface area contributed by atoms with Crippen molar-refractivity contribution in [3.63, 3.8) is 0 Å². The van der Waals surface area contributed by atoms with Crippen LogP contribution >= 0.6 is 0 Å². The molecule has 4 aliphatic carbocycles. The molecule has 0 fully saturated rings. The Hall–Kier alpha value is -5.34. The lowest BCUT2D eigenvalue weighted by molar-refractivity contribution is 0.558. The van der Waals surface area contributed by atoms with Gasteiger partial charge in [-0.2, -0.15) is 0 Å². The number of aromatic nitrogens is 1. The molecule has 0 amide bonds. The van der Waals surface area contributed by atoms with Crippen molar-refractivity contribution in [2.75, 3.05) is 4.90 Å². The van der Waals surface area contributed by atoms with Crippen LogP contribution in [0, 0.1) is 5.92 Å². The van der Waals surface area contributed by atoms with Gasteiger partial charge < -0.3 is 9.47 Å². The Labute approximate surface area is 308 Å². The number of nitrogens with zero attached hydrogens (tertiary/aromatic N) is 2. The van der Waals surface area contributed by atoms with Crippen molar-refractivity contribution >= 4 is 33.9 Å². The van der Waals surface area contributed by atoms with Crippen LogP contribution in [0.5, 0.6) is 0 Å². The molecular weight excluding hydrogens is 629 g/mol. The van der Waals surface area contributed by atoms with E-state index in [1.165, 1.54) is 83.7 Å². The van der Waals surface area contributed by atoms with Crippen LogP contribution in [0.3, 0.4) is 0 Å². The number of para-hydroxylation sites is 2. The Morgan fingerprint density at radius 3 is 2.08 bits per heavy atom. The zero-order chi connectivity index (χ0) is 35.6. The van der Waals surface area contributed by atoms with Crippen LogP contribution in [0.4, 0.5) is 11.4 Å². The normalized spacial score (nSPS) is 21.5. The van der Waals surface area contributed by atoms with Gasteiger partial charge in [0.05, 0.1) is 11.1 Å². The van der Waals surface area contributed by atoms with Gasteiger partial charge in [0.25, 0.3) is 0 Å². The Balaban J connectivity index is 1.17. The first kappa shape index (κ1) is 31.4. The first-order chi connectivity index (χ1) is 25.1. The van der Waals surface area contributed by atoms with Crippen molar-refractivity contribution in [2.24, 2.45) is 5.92 Å². The third kappa shape index (κ3) is 4.30. The maximum atomic E-state index is 2.66. The Kier molecular flexibility index (Phi) is 6.55. The molecule has 0 N–H and O–H groups in total. The lowest BCUT2D eigenvalue weighted by Gasteiger charge is -2.44. The lowest BCUT2D eigenvalue weighted by Crippen LogP contribution is -2.45. The second-order valence-corrected chi connectivity index (χ2v) is 16.9. The first-order valence-electron chi connectivity index (χ1n) is 19.0. The molecule has 0 saturated carbocycles. The Bertz CT molecular complexity index is 2550. The van der Waals surface area contributed by atoms with Gasteiger partial charge in [-0.1, -0.05) is 126 Å². The largest absolute Gasteiger partial charge is 0.332 e. The maximum absolute atomic E-state index is 2.66. The van der Waals surface area contributed by atoms with E-state index in [9.17, 15) is 0 Å². The third-order valence-electron chi connectivity index (χ3n) is 12.9. The van der Waals surface area contributed by atoms with Gasteiger partial charge in [-0.15, -0.1) is 0 Å². The molecule has 4 aliphatic rings. The summed E-state index contributed by atoms with van der Waals surface area (Å²) < 4.78 is 2.45. The molecule has 5 aromatic carbocycles. The summed E-state index contributed by atoms with van der Waals surface area (Å²) in [5.74, 6) is 0.564. The standard InChI is InChI=1S/C50H46N2/c1-32-20-25-43-40(28-32)38-24-22-35(30-45(38)49(43,4)5)52(34-21-23-37-36-16-10-12-18-42(36)48(2,3)44(37)29-34)50(6)27-26-47-41(31-50)39-17-11-13-19-46(39)51(47)33-14-8-7-9-15-33/h7-27,29-30,32H,28,31H2,1-6H3. The van der Waals surface area contributed by atoms with Gasteiger partial charge in [0.15, 0.2) is 0 Å². The Morgan fingerprint density at radius 1 is 0.635 bits per heavy atom. The van der Waals surface area contributed by atoms with Crippen LogP contribution < -0.4 is 4.90 Å². The fourth-order valence-electron chi connectivity index (χ4n) is 10.2. The van der Waals surface area contributed by atoms with Crippen molar-refractivity contribution < 1.29 is 0 Å². The minimum absolute atomic E-state index is 0.0514. The van der Waals surface area contributed by atoms with E-state index >= 15 is 0 Å². The molecule has 2 atom stereocenters. The van der Waals surface area contributed by atoms with Gasteiger partial charge in [0, 0.05) is 45.4 Å². The van der Waals surface area contributed by atoms with Gasteiger partial charge in [0.2, 0.25) is 0 Å². The summed E-state index contributed by atoms with van der Waals surface area (Å²) >= 11 is 0. The fourth-order valence-corrected chi connectivity index (χ4v) is 10.2. The molecule has 0 radical (unpaired) electrons. The molecule has 2 heteroatoms. The van der Waals surface area contributed by atoms with Gasteiger partial charge in [-0.05, 0) is 118 Å². The predicted molar refractivity (Wildman–Crippen MR) is 220 cm³/mol. The van der Waals surface area contributed by atoms with Crippen molar-refractivity contribution in [3.05, 3.63) is 173 Å². The first-order valence-corrected chi connectivity index (χ1v) is 19.0. The van der Waals surface area contributed by atoms with E-state index in [4.69, 9.17) is 0 Å². The van der Waals surface area contributed by atoms with Gasteiger partial charge >= 0.3 is 0 Å². The van der Waals surface area contributed by atoms with Crippen molar-refractivity contribution in [1.82, 2.24) is 4.57 Å². The number of allylic oxidation sites excluding steroid dienone is 4. The third-order valence-corrected chi connectivity index (χ3v) is 12.9. The average molecular weight is 675 g/mol. The highest BCUT2D eigenvalue weighted by Gasteiger charge is 2.42. The highest BCUT2D eigenvalue weighted by molar-refractivity contribution is 5.92. The molecule has 0 bridgehead atoms. The molecular formula is C50H46N2. The Morgan fingerprint density at radius 2 is 1.29 bits per heavy atom. The van der Waals surface area contributed by atoms with Gasteiger partial charge in [0.1, 0.15) is 0 Å². The van der Waals surface area contributed by atoms with Crippen LogP contribution in [0.1, 0.15) is 81.5 Å². The number of benzene rings is 5. The van der Waals surface area contributed by atoms with Crippen molar-refractivity contribution in [2.45, 2.75) is 70.8 Å². The van der Waals surface area contributed by atoms with E-state index < -0.39 is 0 Å². The average Bonchev–Trinajstić information content (AvgIpc) is 3.68. The highest BCUT2D eigenvalue weighted by Crippen LogP contribution is 2.54. The summed E-state index contributed by atoms with van der Waals surface area (Å²) in [5.41, 5.74) is 18.6. The van der Waals surface area contributed by atoms with E-state index in [-0.39, 0.29) is 16.4 Å². The quantitative estimate of drug-likeness (QED) is 0.181. The molecule has 0 spiro atoms. The number of hydrogen-bond donors (Lipinski definition) is 0. The molecule has 1 heterocycles. The van der Waals surface area contributed by atoms with Crippen LogP contribution in [0.25, 0.3) is 39.4 Å². The van der Waals surface area contributed by atoms with E-state index in [0.717, 1.165) is 12.8 Å². The smallest absolute Gasteiger partial charge is 0.0650 e. The van der Waals surface area contributed by atoms with E-state index in [2.05, 4.69) is 191 Å². The second-order valence-electron chi connectivity index (χ2n) is 16.9. The van der Waals surface area contributed by atoms with Crippen LogP contribution in [-0.4, -0.2) is 10.1 Å². The zero-order valence-electron chi connectivity index (χ0n) is 31.2. The molecule has 0 saturated heterocycles. The SMILES string of the molecule is CC1C=CC2=C(C1)c1ccc(N(c3ccc4c(c3)C(C)(C)c3ccccc3-4)C3(C)C=Cc4c(c5ccccc5n4-c4ccccc4)C3)cc1C2(C)C. The lowest BCUT2D eigenvalue weighted by atomic mass is 9.78. The number of hydrogen-bond acceptors (Lipinski definition) is 1. The predicted octanol–water partition coefficient (Wildman–Crippen LogP) is 12.7. The fraction of sp³-hybridized carbons (Fsp3) is 0.240. The van der Waals surface area contributed by atoms with Crippen LogP contribution in [-0.2, 0) is 17.3 Å². The number of anilines is 2. The van der Waals surface area contributed by atoms with E-state index in [1.807, 2.05) is 0 Å². The number of fused-ring (bicyclic) bond motifs is 8. The monoisotopic (exact) mass is 674 g/mol. The highest BCUT2D eigenvalue weighted by atomic mass is 15.2. The summed E-state index contributed by atoms with van der Waals surface area (Å²) in [7, 11) is 0. The molecule has 52 heavy (non-hydrogen) atoms. The summed E-state index contributed by atoms with van der Waals surface area (Å²) in [6, 6.07) is 43.4. The molecule has 2 unspecified atom stereocenters. The molecule has 1 aromatic heterocycles. The zero-order valence-corrected chi connectivity index (χ0v) is 31.2. The maximum Gasteiger partial charge on any atom is 0.0650 e. The number of rotatable bonds is 4. The van der Waals surface area contributed by atoms with Crippen LogP contribution in [0.15, 0.2) is 139 Å². The summed E-state index contributed by atoms with van der Waals surface area (Å²) in [6.07, 6.45) is 11.7. The molecule has 6 aromatic rings. The summed E-state index contributed by atoms with van der Waals surface area (Å²) in [6.45, 7) is 14.4. The van der Waals surface area contributed by atoms with Gasteiger partial charge in [-0.3, -0.25) is 0 Å². The topological polar surface area (TPSA) is 8.17 Å². The minimum Gasteiger partial charge on any atom is -0.332 e. The summed E-state index contributed by atoms with van der Waals surface area (Å²) in [4.78, 5) is 2.66. The van der Waals surface area contributed by atoms with Crippen LogP contribution in [0.2, 0.25) is 0 Å². The molecule has 256 valence electrons. The summed E-state index contributed by atoms with van der Waals surface area (Å²) in [5, 5.41) is 1.33. The second kappa shape index (κ2) is 10.8. The van der Waals surface area contributed by atoms with Crippen molar-refractivity contribution in [1.29, 1.82) is 0 Å². The van der Waals surface area contributed by atoms with Crippen molar-refractivity contribution in [3.8, 4) is 16.8 Å². The van der Waals surface area contributed by atoms with E-state index in [0.29, 0.717) is 5.92 Å². The van der Waals surface area contributed by atoms with Gasteiger partial charge in [-0.25, -0.2) is 0 Å².